The molecule has 6 heterocycles. The van der Waals surface area contributed by atoms with Gasteiger partial charge < -0.3 is 20.7 Å². The number of anilines is 2. The predicted molar refractivity (Wildman–Crippen MR) is 167 cm³/mol. The van der Waals surface area contributed by atoms with Crippen molar-refractivity contribution in [2.45, 2.75) is 69.1 Å². The van der Waals surface area contributed by atoms with Gasteiger partial charge in [-0.15, -0.1) is 0 Å². The molecule has 0 aliphatic carbocycles. The lowest BCUT2D eigenvalue weighted by atomic mass is 9.91. The standard InChI is InChI=1S/C33H32ClF5N6O/c1-14-9-20-19-5-4-17(41-19)12-45(20)31-23-21(14)24(34)22(18-8-15(2)25(35)28(40)26(18)36)27(37)29(23)42-32(43-31)46-13-33-6-3-7-44(33)11-16(10-33)30(38)39/h8,17,19-20,41H,1,3-7,9-13,40H2,2H3/t17-,19+,20-,33+/m1/s1. The van der Waals surface area contributed by atoms with Crippen LogP contribution >= 0.6 is 11.6 Å². The minimum absolute atomic E-state index is 0.0239. The van der Waals surface area contributed by atoms with Crippen molar-refractivity contribution in [2.24, 2.45) is 0 Å². The van der Waals surface area contributed by atoms with Crippen LogP contribution in [0.15, 0.2) is 24.3 Å². The molecule has 5 aliphatic rings. The van der Waals surface area contributed by atoms with Crippen molar-refractivity contribution >= 4 is 39.6 Å². The van der Waals surface area contributed by atoms with E-state index in [0.717, 1.165) is 19.3 Å². The van der Waals surface area contributed by atoms with E-state index in [-0.39, 0.29) is 76.5 Å². The third kappa shape index (κ3) is 4.29. The van der Waals surface area contributed by atoms with Crippen molar-refractivity contribution in [2.75, 3.05) is 36.9 Å². The van der Waals surface area contributed by atoms with Crippen molar-refractivity contribution in [3.63, 3.8) is 0 Å². The lowest BCUT2D eigenvalue weighted by Crippen LogP contribution is -2.58. The van der Waals surface area contributed by atoms with E-state index >= 15 is 8.78 Å². The van der Waals surface area contributed by atoms with E-state index in [1.165, 1.54) is 13.0 Å². The highest BCUT2D eigenvalue weighted by atomic mass is 35.5. The largest absolute Gasteiger partial charge is 0.461 e. The summed E-state index contributed by atoms with van der Waals surface area (Å²) in [5, 5.41) is 3.92. The van der Waals surface area contributed by atoms with E-state index in [0.29, 0.717) is 48.3 Å². The number of nitrogen functional groups attached to an aromatic ring is 1. The number of ether oxygens (including phenoxy) is 1. The Balaban J connectivity index is 1.33. The number of nitrogens with two attached hydrogens (primary N) is 1. The zero-order valence-corrected chi connectivity index (χ0v) is 25.9. The maximum absolute atomic E-state index is 16.9. The van der Waals surface area contributed by atoms with Crippen LogP contribution in [-0.2, 0) is 0 Å². The second kappa shape index (κ2) is 10.5. The van der Waals surface area contributed by atoms with Crippen LogP contribution in [0, 0.1) is 24.4 Å². The molecule has 4 fully saturated rings. The molecule has 3 aromatic rings. The van der Waals surface area contributed by atoms with E-state index in [1.54, 1.807) is 0 Å². The second-order valence-corrected chi connectivity index (χ2v) is 13.7. The minimum Gasteiger partial charge on any atom is -0.461 e. The van der Waals surface area contributed by atoms with Gasteiger partial charge in [-0.2, -0.15) is 18.7 Å². The molecule has 3 N–H and O–H groups in total. The molecule has 0 amide bonds. The summed E-state index contributed by atoms with van der Waals surface area (Å²) in [5.74, 6) is -2.57. The highest BCUT2D eigenvalue weighted by molar-refractivity contribution is 6.37. The highest BCUT2D eigenvalue weighted by Gasteiger charge is 2.49. The normalized spacial score (nSPS) is 26.9. The molecule has 0 spiro atoms. The fraction of sp³-hybridized carbons (Fsp3) is 0.455. The summed E-state index contributed by atoms with van der Waals surface area (Å²) in [6.45, 7) is 7.23. The number of benzene rings is 2. The quantitative estimate of drug-likeness (QED) is 0.237. The lowest BCUT2D eigenvalue weighted by molar-refractivity contribution is 0.108. The van der Waals surface area contributed by atoms with E-state index in [1.807, 2.05) is 4.90 Å². The van der Waals surface area contributed by atoms with Crippen LogP contribution in [0.2, 0.25) is 5.02 Å². The maximum atomic E-state index is 16.9. The molecule has 2 bridgehead atoms. The van der Waals surface area contributed by atoms with Gasteiger partial charge in [0.05, 0.1) is 15.9 Å². The van der Waals surface area contributed by atoms with Crippen LogP contribution in [0.5, 0.6) is 6.01 Å². The summed E-state index contributed by atoms with van der Waals surface area (Å²) in [6.07, 6.45) is 2.40. The lowest BCUT2D eigenvalue weighted by Gasteiger charge is -2.41. The Morgan fingerprint density at radius 3 is 2.76 bits per heavy atom. The third-order valence-electron chi connectivity index (χ3n) is 10.7. The fourth-order valence-corrected chi connectivity index (χ4v) is 8.90. The summed E-state index contributed by atoms with van der Waals surface area (Å²) in [6, 6.07) is 1.32. The topological polar surface area (TPSA) is 79.5 Å². The SMILES string of the molecule is C=C1C[C@@H]2[C@@H]3CC[C@H](CN2c2nc(OC[C@@]45CCCN4CC(=C(F)F)C5)nc4c(F)c(-c5cc(C)c(F)c(N)c5F)c(Cl)c1c24)N3. The average Bonchev–Trinajstić information content (AvgIpc) is 3.69. The van der Waals surface area contributed by atoms with Crippen molar-refractivity contribution in [1.29, 1.82) is 0 Å². The molecule has 242 valence electrons. The number of halogens is 6. The number of aromatic nitrogens is 2. The molecule has 4 saturated heterocycles. The number of hydrogen-bond acceptors (Lipinski definition) is 7. The van der Waals surface area contributed by atoms with Crippen molar-refractivity contribution < 1.29 is 26.7 Å². The van der Waals surface area contributed by atoms with Gasteiger partial charge in [0.25, 0.3) is 6.08 Å². The summed E-state index contributed by atoms with van der Waals surface area (Å²) < 4.78 is 80.5. The van der Waals surface area contributed by atoms with Gasteiger partial charge >= 0.3 is 6.01 Å². The zero-order chi connectivity index (χ0) is 32.2. The van der Waals surface area contributed by atoms with Gasteiger partial charge in [-0.25, -0.2) is 13.2 Å². The van der Waals surface area contributed by atoms with Gasteiger partial charge in [-0.05, 0) is 69.2 Å². The van der Waals surface area contributed by atoms with Gasteiger partial charge in [0.15, 0.2) is 17.5 Å². The van der Waals surface area contributed by atoms with Gasteiger partial charge in [0, 0.05) is 53.5 Å². The summed E-state index contributed by atoms with van der Waals surface area (Å²) in [5.41, 5.74) is 4.74. The molecule has 0 saturated carbocycles. The first kappa shape index (κ1) is 29.9. The number of nitrogens with zero attached hydrogens (tertiary/aromatic N) is 4. The molecule has 46 heavy (non-hydrogen) atoms. The number of fused-ring (bicyclic) bond motifs is 6. The number of nitrogens with one attached hydrogen (secondary N) is 1. The summed E-state index contributed by atoms with van der Waals surface area (Å²) >= 11 is 6.99. The van der Waals surface area contributed by atoms with Crippen LogP contribution in [0.4, 0.5) is 33.5 Å². The average molecular weight is 659 g/mol. The van der Waals surface area contributed by atoms with Gasteiger partial charge in [0.1, 0.15) is 23.6 Å². The van der Waals surface area contributed by atoms with E-state index in [4.69, 9.17) is 27.1 Å². The molecule has 7 nitrogen and oxygen atoms in total. The van der Waals surface area contributed by atoms with Gasteiger partial charge in [0.2, 0.25) is 0 Å². The number of rotatable bonds is 4. The minimum atomic E-state index is -1.67. The Labute approximate surface area is 267 Å². The van der Waals surface area contributed by atoms with Crippen LogP contribution in [0.25, 0.3) is 27.6 Å². The zero-order valence-electron chi connectivity index (χ0n) is 25.1. The first-order valence-corrected chi connectivity index (χ1v) is 15.9. The van der Waals surface area contributed by atoms with Crippen LogP contribution < -0.4 is 20.7 Å². The molecule has 13 heteroatoms. The molecule has 1 aromatic heterocycles. The Hall–Kier alpha value is -3.48. The van der Waals surface area contributed by atoms with Crippen molar-refractivity contribution in [1.82, 2.24) is 20.2 Å². The molecular weight excluding hydrogens is 627 g/mol. The third-order valence-corrected chi connectivity index (χ3v) is 11.1. The number of aryl methyl sites for hydroxylation is 1. The first-order chi connectivity index (χ1) is 22.0. The molecular formula is C33H32ClF5N6O. The molecule has 2 aromatic carbocycles. The van der Waals surface area contributed by atoms with Crippen molar-refractivity contribution in [3.8, 4) is 17.1 Å². The number of hydrogen-bond donors (Lipinski definition) is 2. The molecule has 4 atom stereocenters. The summed E-state index contributed by atoms with van der Waals surface area (Å²) in [4.78, 5) is 13.5. The first-order valence-electron chi connectivity index (χ1n) is 15.6. The fourth-order valence-electron chi connectivity index (χ4n) is 8.49. The van der Waals surface area contributed by atoms with E-state index < -0.39 is 34.8 Å². The smallest absolute Gasteiger partial charge is 0.319 e. The van der Waals surface area contributed by atoms with Crippen LogP contribution in [0.1, 0.15) is 49.7 Å². The van der Waals surface area contributed by atoms with E-state index in [9.17, 15) is 13.2 Å². The number of piperazine rings is 1. The van der Waals surface area contributed by atoms with Crippen LogP contribution in [0.3, 0.4) is 0 Å². The molecule has 0 unspecified atom stereocenters. The predicted octanol–water partition coefficient (Wildman–Crippen LogP) is 6.75. The van der Waals surface area contributed by atoms with E-state index in [2.05, 4.69) is 21.8 Å². The Bertz CT molecular complexity index is 1880. The maximum Gasteiger partial charge on any atom is 0.319 e. The second-order valence-electron chi connectivity index (χ2n) is 13.4. The van der Waals surface area contributed by atoms with Crippen molar-refractivity contribution in [3.05, 3.63) is 57.9 Å². The molecule has 5 aliphatic heterocycles. The molecule has 8 rings (SSSR count). The van der Waals surface area contributed by atoms with Crippen LogP contribution in [-0.4, -0.2) is 64.8 Å². The highest BCUT2D eigenvalue weighted by Crippen LogP contribution is 2.50. The Morgan fingerprint density at radius 1 is 1.17 bits per heavy atom. The monoisotopic (exact) mass is 658 g/mol. The van der Waals surface area contributed by atoms with Gasteiger partial charge in [-0.1, -0.05) is 18.2 Å². The molecule has 0 radical (unpaired) electrons. The summed E-state index contributed by atoms with van der Waals surface area (Å²) in [7, 11) is 0. The van der Waals surface area contributed by atoms with Gasteiger partial charge in [-0.3, -0.25) is 4.90 Å². The Kier molecular flexibility index (Phi) is 6.83. The Morgan fingerprint density at radius 2 is 1.98 bits per heavy atom.